The van der Waals surface area contributed by atoms with Crippen LogP contribution < -0.4 is 0 Å². The van der Waals surface area contributed by atoms with Crippen molar-refractivity contribution < 1.29 is 4.42 Å². The summed E-state index contributed by atoms with van der Waals surface area (Å²) in [6, 6.07) is 44.5. The molecule has 0 atom stereocenters. The lowest BCUT2D eigenvalue weighted by Gasteiger charge is -2.10. The van der Waals surface area contributed by atoms with Crippen LogP contribution >= 0.6 is 0 Å². The Kier molecular flexibility index (Phi) is 6.31. The third-order valence-corrected chi connectivity index (χ3v) is 8.33. The Labute approximate surface area is 269 Å². The molecular formula is C40H24N6O. The number of nitrogens with zero attached hydrogens (tertiary/aromatic N) is 6. The van der Waals surface area contributed by atoms with Gasteiger partial charge >= 0.3 is 0 Å². The predicted octanol–water partition coefficient (Wildman–Crippen LogP) is 9.44. The molecule has 0 aliphatic carbocycles. The Morgan fingerprint density at radius 2 is 1.00 bits per heavy atom. The van der Waals surface area contributed by atoms with Crippen molar-refractivity contribution in [1.82, 2.24) is 29.9 Å². The second-order valence-electron chi connectivity index (χ2n) is 11.2. The minimum atomic E-state index is 0.614. The van der Waals surface area contributed by atoms with Crippen molar-refractivity contribution in [2.75, 3.05) is 0 Å². The first kappa shape index (κ1) is 26.8. The maximum absolute atomic E-state index is 6.29. The van der Waals surface area contributed by atoms with E-state index in [9.17, 15) is 0 Å². The SMILES string of the molecule is c1ccc(-c2nc(-c3ccccc3)nc(-c3ccc(-c4ccc5ncnc(-c6nccc7c6oc6ccccc67)c5c4)cc3)n2)cc1. The summed E-state index contributed by atoms with van der Waals surface area (Å²) in [5.74, 6) is 1.88. The highest BCUT2D eigenvalue weighted by atomic mass is 16.3. The summed E-state index contributed by atoms with van der Waals surface area (Å²) in [5.41, 5.74) is 8.63. The third kappa shape index (κ3) is 4.78. The molecule has 7 heteroatoms. The molecule has 0 saturated carbocycles. The van der Waals surface area contributed by atoms with E-state index in [1.165, 1.54) is 0 Å². The van der Waals surface area contributed by atoms with Crippen molar-refractivity contribution >= 4 is 32.8 Å². The summed E-state index contributed by atoms with van der Waals surface area (Å²) in [6.07, 6.45) is 3.39. The van der Waals surface area contributed by atoms with Crippen LogP contribution in [0.25, 0.3) is 89.5 Å². The highest BCUT2D eigenvalue weighted by molar-refractivity contribution is 6.10. The van der Waals surface area contributed by atoms with Gasteiger partial charge in [-0.25, -0.2) is 24.9 Å². The minimum absolute atomic E-state index is 0.614. The number of aromatic nitrogens is 6. The predicted molar refractivity (Wildman–Crippen MR) is 185 cm³/mol. The van der Waals surface area contributed by atoms with Crippen LogP contribution in [-0.4, -0.2) is 29.9 Å². The number of para-hydroxylation sites is 1. The van der Waals surface area contributed by atoms with Crippen molar-refractivity contribution in [1.29, 1.82) is 0 Å². The molecule has 0 amide bonds. The summed E-state index contributed by atoms with van der Waals surface area (Å²) in [6.45, 7) is 0. The molecule has 0 radical (unpaired) electrons. The topological polar surface area (TPSA) is 90.5 Å². The van der Waals surface area contributed by atoms with Crippen LogP contribution in [0.2, 0.25) is 0 Å². The van der Waals surface area contributed by atoms with E-state index in [1.807, 2.05) is 97.2 Å². The van der Waals surface area contributed by atoms with Gasteiger partial charge < -0.3 is 4.42 Å². The third-order valence-electron chi connectivity index (χ3n) is 8.33. The molecule has 5 aromatic carbocycles. The van der Waals surface area contributed by atoms with E-state index in [0.29, 0.717) is 28.8 Å². The van der Waals surface area contributed by atoms with Crippen molar-refractivity contribution in [3.63, 3.8) is 0 Å². The van der Waals surface area contributed by atoms with E-state index in [0.717, 1.165) is 60.8 Å². The maximum Gasteiger partial charge on any atom is 0.164 e. The number of benzene rings is 5. The van der Waals surface area contributed by atoms with E-state index in [-0.39, 0.29) is 0 Å². The Bertz CT molecular complexity index is 2510. The highest BCUT2D eigenvalue weighted by Crippen LogP contribution is 2.37. The fraction of sp³-hybridized carbons (Fsp3) is 0. The Balaban J connectivity index is 1.12. The van der Waals surface area contributed by atoms with E-state index >= 15 is 0 Å². The quantitative estimate of drug-likeness (QED) is 0.193. The lowest BCUT2D eigenvalue weighted by Crippen LogP contribution is -2.00. The lowest BCUT2D eigenvalue weighted by atomic mass is 10.00. The molecule has 47 heavy (non-hydrogen) atoms. The number of rotatable bonds is 5. The molecular weight excluding hydrogens is 580 g/mol. The summed E-state index contributed by atoms with van der Waals surface area (Å²) >= 11 is 0. The van der Waals surface area contributed by atoms with Gasteiger partial charge in [0, 0.05) is 39.0 Å². The van der Waals surface area contributed by atoms with Gasteiger partial charge in [-0.05, 0) is 35.4 Å². The average molecular weight is 605 g/mol. The zero-order valence-electron chi connectivity index (χ0n) is 24.9. The van der Waals surface area contributed by atoms with Crippen LogP contribution in [-0.2, 0) is 0 Å². The number of hydrogen-bond donors (Lipinski definition) is 0. The number of furan rings is 1. The largest absolute Gasteiger partial charge is 0.454 e. The van der Waals surface area contributed by atoms with Crippen molar-refractivity contribution in [3.05, 3.63) is 146 Å². The van der Waals surface area contributed by atoms with Gasteiger partial charge in [-0.1, -0.05) is 109 Å². The van der Waals surface area contributed by atoms with Gasteiger partial charge in [0.2, 0.25) is 0 Å². The first-order valence-electron chi connectivity index (χ1n) is 15.3. The number of fused-ring (bicyclic) bond motifs is 4. The molecule has 0 fully saturated rings. The molecule has 4 heterocycles. The monoisotopic (exact) mass is 604 g/mol. The Hall–Kier alpha value is -6.60. The summed E-state index contributed by atoms with van der Waals surface area (Å²) in [5, 5.41) is 2.95. The lowest BCUT2D eigenvalue weighted by molar-refractivity contribution is 0.668. The standard InChI is InChI=1S/C40H24N6O/c1-3-9-26(10-4-1)38-44-39(27-11-5-2-6-12-27)46-40(45-38)28-17-15-25(16-18-28)29-19-20-33-32(23-29)35(43-24-42-33)36-37-31(21-22-41-36)30-13-7-8-14-34(30)47-37/h1-24H. The summed E-state index contributed by atoms with van der Waals surface area (Å²) in [7, 11) is 0. The molecule has 0 saturated heterocycles. The first-order chi connectivity index (χ1) is 23.3. The van der Waals surface area contributed by atoms with Crippen LogP contribution in [0, 0.1) is 0 Å². The number of pyridine rings is 1. The molecule has 0 aliphatic rings. The van der Waals surface area contributed by atoms with Gasteiger partial charge in [0.05, 0.1) is 5.52 Å². The molecule has 0 unspecified atom stereocenters. The average Bonchev–Trinajstić information content (AvgIpc) is 3.54. The second kappa shape index (κ2) is 11.1. The second-order valence-corrected chi connectivity index (χ2v) is 11.2. The fourth-order valence-corrected chi connectivity index (χ4v) is 5.99. The molecule has 7 nitrogen and oxygen atoms in total. The first-order valence-corrected chi connectivity index (χ1v) is 15.3. The molecule has 9 rings (SSSR count). The fourth-order valence-electron chi connectivity index (χ4n) is 5.99. The molecule has 0 bridgehead atoms. The molecule has 0 N–H and O–H groups in total. The van der Waals surface area contributed by atoms with Gasteiger partial charge in [0.15, 0.2) is 23.1 Å². The molecule has 0 spiro atoms. The summed E-state index contributed by atoms with van der Waals surface area (Å²) in [4.78, 5) is 28.5. The van der Waals surface area contributed by atoms with Crippen LogP contribution in [0.4, 0.5) is 0 Å². The van der Waals surface area contributed by atoms with E-state index in [4.69, 9.17) is 29.3 Å². The van der Waals surface area contributed by atoms with E-state index in [2.05, 4.69) is 47.4 Å². The molecule has 4 aromatic heterocycles. The van der Waals surface area contributed by atoms with Gasteiger partial charge in [-0.3, -0.25) is 4.98 Å². The van der Waals surface area contributed by atoms with Crippen LogP contribution in [0.5, 0.6) is 0 Å². The Morgan fingerprint density at radius 1 is 0.404 bits per heavy atom. The van der Waals surface area contributed by atoms with Gasteiger partial charge in [0.25, 0.3) is 0 Å². The molecule has 0 aliphatic heterocycles. The van der Waals surface area contributed by atoms with Gasteiger partial charge in [-0.2, -0.15) is 0 Å². The van der Waals surface area contributed by atoms with E-state index in [1.54, 1.807) is 6.33 Å². The van der Waals surface area contributed by atoms with Crippen LogP contribution in [0.3, 0.4) is 0 Å². The van der Waals surface area contributed by atoms with E-state index < -0.39 is 0 Å². The van der Waals surface area contributed by atoms with Crippen molar-refractivity contribution in [2.24, 2.45) is 0 Å². The van der Waals surface area contributed by atoms with Crippen molar-refractivity contribution in [2.45, 2.75) is 0 Å². The van der Waals surface area contributed by atoms with Crippen LogP contribution in [0.15, 0.2) is 150 Å². The zero-order chi connectivity index (χ0) is 31.2. The summed E-state index contributed by atoms with van der Waals surface area (Å²) < 4.78 is 6.29. The smallest absolute Gasteiger partial charge is 0.164 e. The van der Waals surface area contributed by atoms with Crippen molar-refractivity contribution in [3.8, 4) is 56.7 Å². The highest BCUT2D eigenvalue weighted by Gasteiger charge is 2.18. The molecule has 9 aromatic rings. The van der Waals surface area contributed by atoms with Crippen LogP contribution in [0.1, 0.15) is 0 Å². The Morgan fingerprint density at radius 3 is 1.70 bits per heavy atom. The normalized spacial score (nSPS) is 11.4. The van der Waals surface area contributed by atoms with Gasteiger partial charge in [-0.15, -0.1) is 0 Å². The maximum atomic E-state index is 6.29. The van der Waals surface area contributed by atoms with Gasteiger partial charge in [0.1, 0.15) is 23.3 Å². The minimum Gasteiger partial charge on any atom is -0.454 e. The molecule has 220 valence electrons. The number of hydrogen-bond acceptors (Lipinski definition) is 7. The zero-order valence-corrected chi connectivity index (χ0v) is 24.9.